The topological polar surface area (TPSA) is 72.4 Å². The minimum Gasteiger partial charge on any atom is -0.441 e. The lowest BCUT2D eigenvalue weighted by Crippen LogP contribution is -2.35. The summed E-state index contributed by atoms with van der Waals surface area (Å²) >= 11 is 0. The summed E-state index contributed by atoms with van der Waals surface area (Å²) < 4.78 is 5.91. The minimum atomic E-state index is 0. The molecule has 0 atom stereocenters. The van der Waals surface area contributed by atoms with E-state index in [4.69, 9.17) is 10.2 Å². The summed E-state index contributed by atoms with van der Waals surface area (Å²) in [5, 5.41) is 0. The molecule has 4 rings (SSSR count). The smallest absolute Gasteiger partial charge is 0.254 e. The van der Waals surface area contributed by atoms with Gasteiger partial charge in [-0.25, -0.2) is 4.98 Å². The van der Waals surface area contributed by atoms with Crippen molar-refractivity contribution < 1.29 is 9.21 Å². The number of hydrogen-bond donors (Lipinski definition) is 1. The maximum Gasteiger partial charge on any atom is 0.254 e. The number of oxazole rings is 1. The molecule has 0 saturated carbocycles. The zero-order valence-corrected chi connectivity index (χ0v) is 15.7. The van der Waals surface area contributed by atoms with Gasteiger partial charge in [0.15, 0.2) is 0 Å². The van der Waals surface area contributed by atoms with Crippen LogP contribution in [0, 0.1) is 0 Å². The van der Waals surface area contributed by atoms with Crippen molar-refractivity contribution in [2.45, 2.75) is 19.4 Å². The van der Waals surface area contributed by atoms with E-state index in [1.807, 2.05) is 59.5 Å². The average molecular weight is 384 g/mol. The highest BCUT2D eigenvalue weighted by Gasteiger charge is 2.26. The Morgan fingerprint density at radius 3 is 2.56 bits per heavy atom. The van der Waals surface area contributed by atoms with E-state index in [9.17, 15) is 4.79 Å². The standard InChI is InChI=1S/C21H21N3O2.ClH/c22-12-10-15-6-8-17(9-7-15)21(25)24-13-11-19-18(14-24)23-20(26-19)16-4-2-1-3-5-16;/h1-9H,10-14,22H2;1H. The average Bonchev–Trinajstić information content (AvgIpc) is 3.12. The molecule has 0 spiro atoms. The number of aromatic nitrogens is 1. The van der Waals surface area contributed by atoms with Crippen LogP contribution in [0.4, 0.5) is 0 Å². The van der Waals surface area contributed by atoms with Crippen LogP contribution in [0.1, 0.15) is 27.4 Å². The highest BCUT2D eigenvalue weighted by Crippen LogP contribution is 2.26. The second-order valence-electron chi connectivity index (χ2n) is 6.47. The first-order chi connectivity index (χ1) is 12.7. The van der Waals surface area contributed by atoms with Crippen LogP contribution in [-0.2, 0) is 19.4 Å². The summed E-state index contributed by atoms with van der Waals surface area (Å²) in [7, 11) is 0. The first-order valence-corrected chi connectivity index (χ1v) is 8.87. The fourth-order valence-electron chi connectivity index (χ4n) is 3.24. The number of amides is 1. The number of fused-ring (bicyclic) bond motifs is 1. The number of hydrogen-bond acceptors (Lipinski definition) is 4. The first-order valence-electron chi connectivity index (χ1n) is 8.87. The third kappa shape index (κ3) is 4.04. The molecule has 3 aromatic rings. The largest absolute Gasteiger partial charge is 0.441 e. The van der Waals surface area contributed by atoms with Crippen molar-refractivity contribution in [2.24, 2.45) is 5.73 Å². The Hall–Kier alpha value is -2.63. The summed E-state index contributed by atoms with van der Waals surface area (Å²) in [5.74, 6) is 1.53. The van der Waals surface area contributed by atoms with Gasteiger partial charge in [-0.3, -0.25) is 4.79 Å². The van der Waals surface area contributed by atoms with E-state index >= 15 is 0 Å². The van der Waals surface area contributed by atoms with Gasteiger partial charge in [-0.05, 0) is 42.8 Å². The van der Waals surface area contributed by atoms with Crippen LogP contribution < -0.4 is 5.73 Å². The third-order valence-electron chi connectivity index (χ3n) is 4.67. The third-order valence-corrected chi connectivity index (χ3v) is 4.67. The molecule has 5 nitrogen and oxygen atoms in total. The predicted octanol–water partition coefficient (Wildman–Crippen LogP) is 3.46. The molecule has 0 unspecified atom stereocenters. The van der Waals surface area contributed by atoms with E-state index < -0.39 is 0 Å². The molecule has 2 N–H and O–H groups in total. The molecule has 0 fully saturated rings. The van der Waals surface area contributed by atoms with Gasteiger partial charge < -0.3 is 15.1 Å². The second-order valence-corrected chi connectivity index (χ2v) is 6.47. The molecule has 6 heteroatoms. The molecule has 2 aromatic carbocycles. The van der Waals surface area contributed by atoms with Crippen molar-refractivity contribution in [2.75, 3.05) is 13.1 Å². The fourth-order valence-corrected chi connectivity index (χ4v) is 3.24. The highest BCUT2D eigenvalue weighted by molar-refractivity contribution is 5.94. The molecule has 1 aliphatic rings. The number of carbonyl (C=O) groups excluding carboxylic acids is 1. The van der Waals surface area contributed by atoms with Crippen LogP contribution in [0.5, 0.6) is 0 Å². The van der Waals surface area contributed by atoms with Crippen molar-refractivity contribution in [3.05, 3.63) is 77.2 Å². The van der Waals surface area contributed by atoms with Gasteiger partial charge in [0.1, 0.15) is 11.5 Å². The Bertz CT molecular complexity index is 907. The molecule has 0 bridgehead atoms. The van der Waals surface area contributed by atoms with E-state index in [1.54, 1.807) is 0 Å². The molecule has 1 aromatic heterocycles. The van der Waals surface area contributed by atoms with Crippen molar-refractivity contribution in [1.29, 1.82) is 0 Å². The van der Waals surface area contributed by atoms with Crippen LogP contribution in [-0.4, -0.2) is 28.9 Å². The molecule has 140 valence electrons. The Morgan fingerprint density at radius 2 is 1.85 bits per heavy atom. The maximum absolute atomic E-state index is 12.8. The normalized spacial score (nSPS) is 13.0. The van der Waals surface area contributed by atoms with Crippen molar-refractivity contribution >= 4 is 18.3 Å². The van der Waals surface area contributed by atoms with Gasteiger partial charge in [0, 0.05) is 24.1 Å². The molecule has 0 saturated heterocycles. The first kappa shape index (κ1) is 19.1. The van der Waals surface area contributed by atoms with Crippen LogP contribution >= 0.6 is 12.4 Å². The van der Waals surface area contributed by atoms with Crippen molar-refractivity contribution in [3.8, 4) is 11.5 Å². The minimum absolute atomic E-state index is 0. The monoisotopic (exact) mass is 383 g/mol. The van der Waals surface area contributed by atoms with Gasteiger partial charge in [0.2, 0.25) is 5.89 Å². The van der Waals surface area contributed by atoms with E-state index in [0.717, 1.165) is 29.0 Å². The number of nitrogens with two attached hydrogens (primary N) is 1. The van der Waals surface area contributed by atoms with Gasteiger partial charge in [-0.2, -0.15) is 0 Å². The number of nitrogens with zero attached hydrogens (tertiary/aromatic N) is 2. The second kappa shape index (κ2) is 8.37. The molecule has 27 heavy (non-hydrogen) atoms. The zero-order chi connectivity index (χ0) is 17.9. The van der Waals surface area contributed by atoms with Gasteiger partial charge >= 0.3 is 0 Å². The number of carbonyl (C=O) groups is 1. The molecule has 0 radical (unpaired) electrons. The van der Waals surface area contributed by atoms with Crippen LogP contribution in [0.3, 0.4) is 0 Å². The Labute approximate surface area is 164 Å². The summed E-state index contributed by atoms with van der Waals surface area (Å²) in [5.41, 5.74) is 9.22. The summed E-state index contributed by atoms with van der Waals surface area (Å²) in [4.78, 5) is 19.2. The van der Waals surface area contributed by atoms with Crippen molar-refractivity contribution in [3.63, 3.8) is 0 Å². The highest BCUT2D eigenvalue weighted by atomic mass is 35.5. The van der Waals surface area contributed by atoms with E-state index in [1.165, 1.54) is 0 Å². The lowest BCUT2D eigenvalue weighted by atomic mass is 10.1. The van der Waals surface area contributed by atoms with Gasteiger partial charge in [0.05, 0.1) is 6.54 Å². The number of rotatable bonds is 4. The molecular formula is C21H22ClN3O2. The summed E-state index contributed by atoms with van der Waals surface area (Å²) in [6.07, 6.45) is 1.51. The molecule has 1 aliphatic heterocycles. The fraction of sp³-hybridized carbons (Fsp3) is 0.238. The van der Waals surface area contributed by atoms with E-state index in [-0.39, 0.29) is 18.3 Å². The Morgan fingerprint density at radius 1 is 1.11 bits per heavy atom. The van der Waals surface area contributed by atoms with E-state index in [0.29, 0.717) is 37.5 Å². The van der Waals surface area contributed by atoms with Crippen LogP contribution in [0.2, 0.25) is 0 Å². The zero-order valence-electron chi connectivity index (χ0n) is 14.9. The lowest BCUT2D eigenvalue weighted by molar-refractivity contribution is 0.0728. The molecule has 2 heterocycles. The Kier molecular flexibility index (Phi) is 5.94. The lowest BCUT2D eigenvalue weighted by Gasteiger charge is -2.25. The molecule has 0 aliphatic carbocycles. The molecular weight excluding hydrogens is 362 g/mol. The summed E-state index contributed by atoms with van der Waals surface area (Å²) in [6, 6.07) is 17.5. The van der Waals surface area contributed by atoms with Crippen LogP contribution in [0.25, 0.3) is 11.5 Å². The van der Waals surface area contributed by atoms with Gasteiger partial charge in [-0.1, -0.05) is 30.3 Å². The predicted molar refractivity (Wildman–Crippen MR) is 107 cm³/mol. The summed E-state index contributed by atoms with van der Waals surface area (Å²) in [6.45, 7) is 1.73. The van der Waals surface area contributed by atoms with Crippen molar-refractivity contribution in [1.82, 2.24) is 9.88 Å². The molecule has 1 amide bonds. The quantitative estimate of drug-likeness (QED) is 0.748. The SMILES string of the molecule is Cl.NCCc1ccc(C(=O)N2CCc3oc(-c4ccccc4)nc3C2)cc1. The maximum atomic E-state index is 12.8. The van der Waals surface area contributed by atoms with E-state index in [2.05, 4.69) is 4.98 Å². The van der Waals surface area contributed by atoms with Gasteiger partial charge in [-0.15, -0.1) is 12.4 Å². The van der Waals surface area contributed by atoms with Crippen LogP contribution in [0.15, 0.2) is 59.0 Å². The number of benzene rings is 2. The Balaban J connectivity index is 0.00000210. The number of halogens is 1. The van der Waals surface area contributed by atoms with Gasteiger partial charge in [0.25, 0.3) is 5.91 Å².